The number of para-hydroxylation sites is 2. The van der Waals surface area contributed by atoms with Crippen LogP contribution in [0.25, 0.3) is 33.1 Å². The molecule has 5 nitrogen and oxygen atoms in total. The van der Waals surface area contributed by atoms with E-state index >= 15 is 0 Å². The molecular weight excluding hydrogens is 370 g/mol. The molecule has 0 spiro atoms. The highest BCUT2D eigenvalue weighted by atomic mass is 15.3. The lowest BCUT2D eigenvalue weighted by atomic mass is 10.1. The second-order valence-electron chi connectivity index (χ2n) is 7.07. The largest absolute Gasteiger partial charge is 0.256 e. The molecule has 0 saturated carbocycles. The molecule has 2 heterocycles. The van der Waals surface area contributed by atoms with Crippen molar-refractivity contribution in [2.75, 3.05) is 5.43 Å². The topological polar surface area (TPSA) is 63.1 Å². The van der Waals surface area contributed by atoms with E-state index in [4.69, 9.17) is 4.98 Å². The lowest BCUT2D eigenvalue weighted by molar-refractivity contribution is 1.16. The molecular formula is C25H19N5. The highest BCUT2D eigenvalue weighted by Crippen LogP contribution is 2.27. The van der Waals surface area contributed by atoms with E-state index in [0.717, 1.165) is 38.6 Å². The number of pyridine rings is 1. The van der Waals surface area contributed by atoms with E-state index < -0.39 is 0 Å². The maximum absolute atomic E-state index is 4.75. The molecule has 0 bridgehead atoms. The molecule has 0 atom stereocenters. The average Bonchev–Trinajstić information content (AvgIpc) is 2.79. The van der Waals surface area contributed by atoms with Crippen LogP contribution in [0.3, 0.4) is 0 Å². The predicted octanol–water partition coefficient (Wildman–Crippen LogP) is 5.60. The summed E-state index contributed by atoms with van der Waals surface area (Å²) in [7, 11) is 0. The maximum atomic E-state index is 4.75. The molecule has 5 heteroatoms. The molecule has 30 heavy (non-hydrogen) atoms. The first-order valence-electron chi connectivity index (χ1n) is 9.74. The summed E-state index contributed by atoms with van der Waals surface area (Å²) in [5.41, 5.74) is 8.93. The van der Waals surface area contributed by atoms with Gasteiger partial charge in [-0.25, -0.2) is 15.4 Å². The highest BCUT2D eigenvalue weighted by molar-refractivity contribution is 5.98. The maximum Gasteiger partial charge on any atom is 0.244 e. The van der Waals surface area contributed by atoms with Crippen molar-refractivity contribution in [2.24, 2.45) is 5.10 Å². The molecule has 3 aromatic carbocycles. The SMILES string of the molecule is Cc1ccc(-c2nc(NN=Cc3ccnc4ccccc34)nc3ccccc23)cc1. The van der Waals surface area contributed by atoms with Gasteiger partial charge in [0.1, 0.15) is 0 Å². The Hall–Kier alpha value is -4.12. The van der Waals surface area contributed by atoms with Gasteiger partial charge in [0, 0.05) is 28.1 Å². The van der Waals surface area contributed by atoms with Crippen LogP contribution in [0.15, 0.2) is 90.2 Å². The number of hydrogen-bond acceptors (Lipinski definition) is 5. The quantitative estimate of drug-likeness (QED) is 0.321. The van der Waals surface area contributed by atoms with Crippen molar-refractivity contribution in [3.8, 4) is 11.3 Å². The average molecular weight is 389 g/mol. The zero-order chi connectivity index (χ0) is 20.3. The van der Waals surface area contributed by atoms with Gasteiger partial charge in [-0.15, -0.1) is 0 Å². The van der Waals surface area contributed by atoms with Crippen molar-refractivity contribution in [2.45, 2.75) is 6.92 Å². The lowest BCUT2D eigenvalue weighted by Gasteiger charge is -2.09. The molecule has 0 saturated heterocycles. The van der Waals surface area contributed by atoms with Crippen molar-refractivity contribution in [3.63, 3.8) is 0 Å². The number of aryl methyl sites for hydroxylation is 1. The molecule has 2 aromatic heterocycles. The van der Waals surface area contributed by atoms with Crippen LogP contribution in [-0.4, -0.2) is 21.2 Å². The highest BCUT2D eigenvalue weighted by Gasteiger charge is 2.09. The van der Waals surface area contributed by atoms with Gasteiger partial charge in [-0.05, 0) is 25.1 Å². The number of rotatable bonds is 4. The van der Waals surface area contributed by atoms with Gasteiger partial charge in [0.15, 0.2) is 0 Å². The summed E-state index contributed by atoms with van der Waals surface area (Å²) in [5.74, 6) is 0.457. The van der Waals surface area contributed by atoms with Crippen LogP contribution in [0.2, 0.25) is 0 Å². The molecule has 0 aliphatic heterocycles. The Bertz CT molecular complexity index is 1370. The number of nitrogens with one attached hydrogen (secondary N) is 1. The van der Waals surface area contributed by atoms with Crippen LogP contribution in [0.5, 0.6) is 0 Å². The lowest BCUT2D eigenvalue weighted by Crippen LogP contribution is -2.00. The molecule has 0 aliphatic rings. The first-order valence-corrected chi connectivity index (χ1v) is 9.74. The number of aromatic nitrogens is 3. The fraction of sp³-hybridized carbons (Fsp3) is 0.0400. The van der Waals surface area contributed by atoms with E-state index in [1.807, 2.05) is 54.6 Å². The number of hydrazone groups is 1. The van der Waals surface area contributed by atoms with Crippen LogP contribution >= 0.6 is 0 Å². The van der Waals surface area contributed by atoms with Crippen LogP contribution < -0.4 is 5.43 Å². The summed E-state index contributed by atoms with van der Waals surface area (Å²) < 4.78 is 0. The van der Waals surface area contributed by atoms with Crippen LogP contribution in [0.4, 0.5) is 5.95 Å². The molecule has 5 aromatic rings. The van der Waals surface area contributed by atoms with E-state index in [-0.39, 0.29) is 0 Å². The minimum atomic E-state index is 0.457. The van der Waals surface area contributed by atoms with Crippen molar-refractivity contribution in [1.29, 1.82) is 0 Å². The first-order chi connectivity index (χ1) is 14.8. The predicted molar refractivity (Wildman–Crippen MR) is 123 cm³/mol. The minimum Gasteiger partial charge on any atom is -0.256 e. The minimum absolute atomic E-state index is 0.457. The third-order valence-corrected chi connectivity index (χ3v) is 4.98. The molecule has 0 amide bonds. The Kier molecular flexibility index (Phi) is 4.62. The zero-order valence-electron chi connectivity index (χ0n) is 16.4. The third-order valence-electron chi connectivity index (χ3n) is 4.98. The molecule has 144 valence electrons. The van der Waals surface area contributed by atoms with Crippen LogP contribution in [0, 0.1) is 6.92 Å². The normalized spacial score (nSPS) is 11.4. The van der Waals surface area contributed by atoms with Crippen molar-refractivity contribution < 1.29 is 0 Å². The van der Waals surface area contributed by atoms with Crippen LogP contribution in [-0.2, 0) is 0 Å². The molecule has 0 unspecified atom stereocenters. The molecule has 0 radical (unpaired) electrons. The molecule has 0 fully saturated rings. The monoisotopic (exact) mass is 389 g/mol. The van der Waals surface area contributed by atoms with E-state index in [1.165, 1.54) is 5.56 Å². The Morgan fingerprint density at radius 3 is 2.33 bits per heavy atom. The van der Waals surface area contributed by atoms with E-state index in [1.54, 1.807) is 12.4 Å². The number of fused-ring (bicyclic) bond motifs is 2. The van der Waals surface area contributed by atoms with Crippen molar-refractivity contribution >= 4 is 34.0 Å². The van der Waals surface area contributed by atoms with Crippen LogP contribution in [0.1, 0.15) is 11.1 Å². The first kappa shape index (κ1) is 17.9. The van der Waals surface area contributed by atoms with Gasteiger partial charge < -0.3 is 0 Å². The smallest absolute Gasteiger partial charge is 0.244 e. The summed E-state index contributed by atoms with van der Waals surface area (Å²) in [5, 5.41) is 6.45. The summed E-state index contributed by atoms with van der Waals surface area (Å²) in [4.78, 5) is 13.8. The van der Waals surface area contributed by atoms with E-state index in [9.17, 15) is 0 Å². The Balaban J connectivity index is 1.51. The second kappa shape index (κ2) is 7.72. The summed E-state index contributed by atoms with van der Waals surface area (Å²) in [6.45, 7) is 2.08. The number of benzene rings is 3. The number of anilines is 1. The molecule has 1 N–H and O–H groups in total. The van der Waals surface area contributed by atoms with Crippen molar-refractivity contribution in [3.05, 3.63) is 96.2 Å². The fourth-order valence-electron chi connectivity index (χ4n) is 3.45. The Morgan fingerprint density at radius 1 is 0.767 bits per heavy atom. The van der Waals surface area contributed by atoms with Crippen molar-refractivity contribution in [1.82, 2.24) is 15.0 Å². The van der Waals surface area contributed by atoms with E-state index in [2.05, 4.69) is 51.7 Å². The van der Waals surface area contributed by atoms with Gasteiger partial charge in [0.2, 0.25) is 5.95 Å². The number of hydrogen-bond donors (Lipinski definition) is 1. The van der Waals surface area contributed by atoms with Gasteiger partial charge in [-0.2, -0.15) is 5.10 Å². The Morgan fingerprint density at radius 2 is 1.50 bits per heavy atom. The summed E-state index contributed by atoms with van der Waals surface area (Å²) in [6, 6.07) is 26.3. The second-order valence-corrected chi connectivity index (χ2v) is 7.07. The van der Waals surface area contributed by atoms with E-state index in [0.29, 0.717) is 5.95 Å². The summed E-state index contributed by atoms with van der Waals surface area (Å²) >= 11 is 0. The van der Waals surface area contributed by atoms with Gasteiger partial charge in [-0.3, -0.25) is 4.98 Å². The standard InChI is InChI=1S/C25H19N5/c1-17-10-12-18(13-11-17)24-21-7-3-5-9-23(21)28-25(29-24)30-27-16-19-14-15-26-22-8-4-2-6-20(19)22/h2-16H,1H3,(H,28,29,30). The van der Waals surface area contributed by atoms with Gasteiger partial charge >= 0.3 is 0 Å². The molecule has 5 rings (SSSR count). The zero-order valence-corrected chi connectivity index (χ0v) is 16.4. The fourth-order valence-corrected chi connectivity index (χ4v) is 3.45. The summed E-state index contributed by atoms with van der Waals surface area (Å²) in [6.07, 6.45) is 3.56. The third kappa shape index (κ3) is 3.49. The Labute approximate surface area is 174 Å². The van der Waals surface area contributed by atoms with Gasteiger partial charge in [0.25, 0.3) is 0 Å². The van der Waals surface area contributed by atoms with Gasteiger partial charge in [0.05, 0.1) is 22.9 Å². The van der Waals surface area contributed by atoms with Gasteiger partial charge in [-0.1, -0.05) is 66.2 Å². The molecule has 0 aliphatic carbocycles. The number of nitrogens with zero attached hydrogens (tertiary/aromatic N) is 4.